The molecule has 1 aromatic rings. The number of fused-ring (bicyclic) bond motifs is 1. The lowest BCUT2D eigenvalue weighted by molar-refractivity contribution is 0.275. The summed E-state index contributed by atoms with van der Waals surface area (Å²) < 4.78 is 5.86. The summed E-state index contributed by atoms with van der Waals surface area (Å²) in [7, 11) is 0. The summed E-state index contributed by atoms with van der Waals surface area (Å²) >= 11 is 0. The number of para-hydroxylation sites is 1. The molecule has 19 heavy (non-hydrogen) atoms. The van der Waals surface area contributed by atoms with Crippen LogP contribution in [0, 0.1) is 0 Å². The van der Waals surface area contributed by atoms with Crippen LogP contribution in [-0.4, -0.2) is 6.61 Å². The highest BCUT2D eigenvalue weighted by Crippen LogP contribution is 2.42. The zero-order chi connectivity index (χ0) is 13.7. The number of benzene rings is 1. The van der Waals surface area contributed by atoms with Crippen molar-refractivity contribution in [3.63, 3.8) is 0 Å². The van der Waals surface area contributed by atoms with Gasteiger partial charge in [-0.2, -0.15) is 0 Å². The summed E-state index contributed by atoms with van der Waals surface area (Å²) in [6.45, 7) is 7.59. The third-order valence-corrected chi connectivity index (χ3v) is 4.21. The number of hydrogen-bond acceptors (Lipinski definition) is 1. The first-order valence-electron chi connectivity index (χ1n) is 7.56. The van der Waals surface area contributed by atoms with Gasteiger partial charge in [-0.25, -0.2) is 0 Å². The molecule has 1 heterocycles. The van der Waals surface area contributed by atoms with E-state index in [9.17, 15) is 0 Å². The quantitative estimate of drug-likeness (QED) is 0.500. The van der Waals surface area contributed by atoms with E-state index in [2.05, 4.69) is 51.1 Å². The predicted molar refractivity (Wildman–Crippen MR) is 81.8 cm³/mol. The standard InChI is InChI=1S/C18H26O/c1-4-6-7-10-15(5-2)13-18(3)14-19-17-12-9-8-11-16(17)18/h5,8-9,11-12H,4,6-7,10,13-14H2,1-3H3/b15-5+/t18-/m0/s1. The van der Waals surface area contributed by atoms with E-state index in [4.69, 9.17) is 4.74 Å². The van der Waals surface area contributed by atoms with E-state index in [0.717, 1.165) is 18.8 Å². The third-order valence-electron chi connectivity index (χ3n) is 4.21. The Morgan fingerprint density at radius 2 is 2.11 bits per heavy atom. The molecule has 1 atom stereocenters. The Labute approximate surface area is 117 Å². The first-order chi connectivity index (χ1) is 9.19. The summed E-state index contributed by atoms with van der Waals surface area (Å²) in [5.74, 6) is 1.08. The van der Waals surface area contributed by atoms with Gasteiger partial charge in [0.15, 0.2) is 0 Å². The smallest absolute Gasteiger partial charge is 0.123 e. The fourth-order valence-electron chi connectivity index (χ4n) is 2.99. The molecule has 1 aromatic carbocycles. The Morgan fingerprint density at radius 1 is 1.32 bits per heavy atom. The maximum absolute atomic E-state index is 5.86. The van der Waals surface area contributed by atoms with Crippen molar-refractivity contribution in [1.82, 2.24) is 0 Å². The van der Waals surface area contributed by atoms with E-state index in [1.54, 1.807) is 5.57 Å². The summed E-state index contributed by atoms with van der Waals surface area (Å²) in [6, 6.07) is 8.50. The minimum atomic E-state index is 0.157. The van der Waals surface area contributed by atoms with Crippen LogP contribution in [0.5, 0.6) is 5.75 Å². The molecular formula is C18H26O. The molecule has 0 fully saturated rings. The fourth-order valence-corrected chi connectivity index (χ4v) is 2.99. The number of hydrogen-bond donors (Lipinski definition) is 0. The molecule has 0 spiro atoms. The van der Waals surface area contributed by atoms with E-state index in [1.165, 1.54) is 31.2 Å². The zero-order valence-electron chi connectivity index (χ0n) is 12.5. The zero-order valence-corrected chi connectivity index (χ0v) is 12.5. The molecule has 1 heteroatoms. The highest BCUT2D eigenvalue weighted by atomic mass is 16.5. The molecule has 1 nitrogen and oxygen atoms in total. The van der Waals surface area contributed by atoms with Gasteiger partial charge in [-0.15, -0.1) is 0 Å². The van der Waals surface area contributed by atoms with Crippen LogP contribution in [0.15, 0.2) is 35.9 Å². The number of unbranched alkanes of at least 4 members (excludes halogenated alkanes) is 2. The maximum atomic E-state index is 5.86. The van der Waals surface area contributed by atoms with Crippen LogP contribution in [0.1, 0.15) is 58.4 Å². The Balaban J connectivity index is 2.06. The van der Waals surface area contributed by atoms with Crippen molar-refractivity contribution in [3.05, 3.63) is 41.5 Å². The van der Waals surface area contributed by atoms with Crippen LogP contribution in [-0.2, 0) is 5.41 Å². The third kappa shape index (κ3) is 3.20. The van der Waals surface area contributed by atoms with Crippen LogP contribution >= 0.6 is 0 Å². The van der Waals surface area contributed by atoms with Gasteiger partial charge in [0.05, 0.1) is 6.61 Å². The monoisotopic (exact) mass is 258 g/mol. The molecule has 1 aliphatic heterocycles. The Morgan fingerprint density at radius 3 is 2.84 bits per heavy atom. The van der Waals surface area contributed by atoms with Crippen molar-refractivity contribution in [2.75, 3.05) is 6.61 Å². The summed E-state index contributed by atoms with van der Waals surface area (Å²) in [5, 5.41) is 0. The maximum Gasteiger partial charge on any atom is 0.123 e. The summed E-state index contributed by atoms with van der Waals surface area (Å²) in [5.41, 5.74) is 3.12. The number of rotatable bonds is 6. The van der Waals surface area contributed by atoms with Crippen molar-refractivity contribution in [1.29, 1.82) is 0 Å². The molecule has 104 valence electrons. The van der Waals surface area contributed by atoms with E-state index < -0.39 is 0 Å². The average Bonchev–Trinajstić information content (AvgIpc) is 2.76. The van der Waals surface area contributed by atoms with Crippen molar-refractivity contribution in [2.24, 2.45) is 0 Å². The van der Waals surface area contributed by atoms with Crippen LogP contribution in [0.3, 0.4) is 0 Å². The molecule has 0 amide bonds. The van der Waals surface area contributed by atoms with Crippen LogP contribution in [0.2, 0.25) is 0 Å². The van der Waals surface area contributed by atoms with Crippen molar-refractivity contribution < 1.29 is 4.74 Å². The van der Waals surface area contributed by atoms with Crippen molar-refractivity contribution in [3.8, 4) is 5.75 Å². The first-order valence-corrected chi connectivity index (χ1v) is 7.56. The Hall–Kier alpha value is -1.24. The highest BCUT2D eigenvalue weighted by Gasteiger charge is 2.36. The molecule has 0 saturated carbocycles. The molecule has 0 aliphatic carbocycles. The van der Waals surface area contributed by atoms with Crippen LogP contribution in [0.4, 0.5) is 0 Å². The molecule has 0 unspecified atom stereocenters. The molecule has 0 saturated heterocycles. The fraction of sp³-hybridized carbons (Fsp3) is 0.556. The molecular weight excluding hydrogens is 232 g/mol. The van der Waals surface area contributed by atoms with Gasteiger partial charge in [0, 0.05) is 11.0 Å². The lowest BCUT2D eigenvalue weighted by Gasteiger charge is -2.24. The lowest BCUT2D eigenvalue weighted by atomic mass is 9.78. The van der Waals surface area contributed by atoms with Gasteiger partial charge in [-0.3, -0.25) is 0 Å². The largest absolute Gasteiger partial charge is 0.492 e. The van der Waals surface area contributed by atoms with Gasteiger partial charge in [0.25, 0.3) is 0 Å². The van der Waals surface area contributed by atoms with Gasteiger partial charge < -0.3 is 4.74 Å². The molecule has 0 N–H and O–H groups in total. The predicted octanol–water partition coefficient (Wildman–Crippen LogP) is 5.25. The Bertz CT molecular complexity index is 447. The van der Waals surface area contributed by atoms with Crippen LogP contribution in [0.25, 0.3) is 0 Å². The van der Waals surface area contributed by atoms with Gasteiger partial charge in [0.1, 0.15) is 5.75 Å². The number of allylic oxidation sites excluding steroid dienone is 2. The summed E-state index contributed by atoms with van der Waals surface area (Å²) in [4.78, 5) is 0. The van der Waals surface area contributed by atoms with Crippen molar-refractivity contribution in [2.45, 2.75) is 58.3 Å². The lowest BCUT2D eigenvalue weighted by Crippen LogP contribution is -2.24. The van der Waals surface area contributed by atoms with Crippen LogP contribution < -0.4 is 4.74 Å². The van der Waals surface area contributed by atoms with Gasteiger partial charge in [-0.05, 0) is 32.3 Å². The minimum absolute atomic E-state index is 0.157. The second-order valence-electron chi connectivity index (χ2n) is 5.93. The van der Waals surface area contributed by atoms with E-state index in [-0.39, 0.29) is 5.41 Å². The van der Waals surface area contributed by atoms with Crippen molar-refractivity contribution >= 4 is 0 Å². The molecule has 1 aliphatic rings. The first kappa shape index (κ1) is 14.2. The van der Waals surface area contributed by atoms with E-state index >= 15 is 0 Å². The molecule has 0 bridgehead atoms. The normalized spacial score (nSPS) is 22.2. The highest BCUT2D eigenvalue weighted by molar-refractivity contribution is 5.43. The second kappa shape index (κ2) is 6.27. The SMILES string of the molecule is C/C=C(\CCCCC)C[C@@]1(C)COc2ccccc21. The topological polar surface area (TPSA) is 9.23 Å². The molecule has 0 aromatic heterocycles. The van der Waals surface area contributed by atoms with E-state index in [1.807, 2.05) is 0 Å². The number of ether oxygens (including phenoxy) is 1. The van der Waals surface area contributed by atoms with Gasteiger partial charge in [-0.1, -0.05) is 56.5 Å². The van der Waals surface area contributed by atoms with Gasteiger partial charge >= 0.3 is 0 Å². The van der Waals surface area contributed by atoms with E-state index in [0.29, 0.717) is 0 Å². The summed E-state index contributed by atoms with van der Waals surface area (Å²) in [6.07, 6.45) is 8.62. The minimum Gasteiger partial charge on any atom is -0.492 e. The second-order valence-corrected chi connectivity index (χ2v) is 5.93. The molecule has 0 radical (unpaired) electrons. The van der Waals surface area contributed by atoms with Gasteiger partial charge in [0.2, 0.25) is 0 Å². The molecule has 2 rings (SSSR count). The average molecular weight is 258 g/mol. The Kier molecular flexibility index (Phi) is 4.68.